The van der Waals surface area contributed by atoms with E-state index in [0.717, 1.165) is 5.56 Å². The summed E-state index contributed by atoms with van der Waals surface area (Å²) in [6.45, 7) is -0.270. The highest BCUT2D eigenvalue weighted by atomic mass is 16.2. The van der Waals surface area contributed by atoms with Gasteiger partial charge in [-0.2, -0.15) is 0 Å². The first-order valence-corrected chi connectivity index (χ1v) is 7.38. The zero-order valence-electron chi connectivity index (χ0n) is 12.9. The van der Waals surface area contributed by atoms with Gasteiger partial charge in [-0.25, -0.2) is 0 Å². The van der Waals surface area contributed by atoms with Crippen LogP contribution in [0.5, 0.6) is 0 Å². The van der Waals surface area contributed by atoms with Gasteiger partial charge >= 0.3 is 0 Å². The van der Waals surface area contributed by atoms with E-state index in [1.54, 1.807) is 12.1 Å². The molecule has 0 fully saturated rings. The number of nitrogens with two attached hydrogens (primary N) is 1. The Morgan fingerprint density at radius 3 is 2.38 bits per heavy atom. The van der Waals surface area contributed by atoms with Crippen LogP contribution < -0.4 is 16.4 Å². The molecule has 0 aliphatic carbocycles. The fraction of sp³-hybridized carbons (Fsp3) is 0.176. The second-order valence-corrected chi connectivity index (χ2v) is 5.11. The predicted molar refractivity (Wildman–Crippen MR) is 87.8 cm³/mol. The van der Waals surface area contributed by atoms with E-state index in [9.17, 15) is 14.4 Å². The highest BCUT2D eigenvalue weighted by Gasteiger charge is 2.19. The van der Waals surface area contributed by atoms with Gasteiger partial charge in [-0.15, -0.1) is 0 Å². The molecule has 1 aromatic carbocycles. The van der Waals surface area contributed by atoms with Crippen LogP contribution in [-0.2, 0) is 16.0 Å². The van der Waals surface area contributed by atoms with Crippen molar-refractivity contribution in [2.75, 3.05) is 6.54 Å². The van der Waals surface area contributed by atoms with Crippen LogP contribution in [0.4, 0.5) is 0 Å². The molecule has 0 saturated heterocycles. The van der Waals surface area contributed by atoms with Gasteiger partial charge in [-0.05, 0) is 17.7 Å². The van der Waals surface area contributed by atoms with Gasteiger partial charge in [0.1, 0.15) is 11.7 Å². The summed E-state index contributed by atoms with van der Waals surface area (Å²) in [7, 11) is 0. The van der Waals surface area contributed by atoms with Crippen molar-refractivity contribution in [2.45, 2.75) is 12.5 Å². The second-order valence-electron chi connectivity index (χ2n) is 5.11. The molecule has 2 aromatic rings. The first kappa shape index (κ1) is 17.1. The van der Waals surface area contributed by atoms with Crippen LogP contribution in [0, 0.1) is 0 Å². The maximum absolute atomic E-state index is 11.9. The molecule has 1 atom stereocenters. The van der Waals surface area contributed by atoms with Gasteiger partial charge < -0.3 is 16.4 Å². The Kier molecular flexibility index (Phi) is 6.01. The molecule has 0 radical (unpaired) electrons. The summed E-state index contributed by atoms with van der Waals surface area (Å²) in [6, 6.07) is 13.3. The van der Waals surface area contributed by atoms with Crippen molar-refractivity contribution in [3.63, 3.8) is 0 Å². The summed E-state index contributed by atoms with van der Waals surface area (Å²) in [5.74, 6) is -1.60. The van der Waals surface area contributed by atoms with E-state index in [1.165, 1.54) is 12.3 Å². The van der Waals surface area contributed by atoms with E-state index in [4.69, 9.17) is 5.73 Å². The minimum absolute atomic E-state index is 0.209. The van der Waals surface area contributed by atoms with Gasteiger partial charge in [0.2, 0.25) is 11.8 Å². The number of primary amides is 1. The maximum atomic E-state index is 11.9. The van der Waals surface area contributed by atoms with Gasteiger partial charge in [0.25, 0.3) is 5.91 Å². The highest BCUT2D eigenvalue weighted by molar-refractivity contribution is 5.95. The lowest BCUT2D eigenvalue weighted by atomic mass is 10.1. The molecule has 0 saturated carbocycles. The van der Waals surface area contributed by atoms with Crippen molar-refractivity contribution < 1.29 is 14.4 Å². The molecule has 0 spiro atoms. The molecule has 124 valence electrons. The Morgan fingerprint density at radius 1 is 1.04 bits per heavy atom. The van der Waals surface area contributed by atoms with Gasteiger partial charge in [-0.3, -0.25) is 19.4 Å². The lowest BCUT2D eigenvalue weighted by Crippen LogP contribution is -2.49. The Hall–Kier alpha value is -3.22. The number of carbonyl (C=O) groups is 3. The lowest BCUT2D eigenvalue weighted by molar-refractivity contribution is -0.126. The quantitative estimate of drug-likeness (QED) is 0.665. The zero-order chi connectivity index (χ0) is 17.4. The number of nitrogens with one attached hydrogen (secondary N) is 2. The van der Waals surface area contributed by atoms with Gasteiger partial charge in [0, 0.05) is 12.6 Å². The van der Waals surface area contributed by atoms with Gasteiger partial charge in [0.15, 0.2) is 0 Å². The molecule has 7 nitrogen and oxygen atoms in total. The molecule has 1 unspecified atom stereocenters. The monoisotopic (exact) mass is 326 g/mol. The first-order chi connectivity index (χ1) is 11.6. The molecule has 3 amide bonds. The topological polar surface area (TPSA) is 114 Å². The van der Waals surface area contributed by atoms with Crippen LogP contribution >= 0.6 is 0 Å². The third-order valence-electron chi connectivity index (χ3n) is 3.27. The lowest BCUT2D eigenvalue weighted by Gasteiger charge is -2.15. The number of pyridine rings is 1. The fourth-order valence-electron chi connectivity index (χ4n) is 2.07. The minimum atomic E-state index is -0.841. The van der Waals surface area contributed by atoms with E-state index >= 15 is 0 Å². The standard InChI is InChI=1S/C17H18N4O3/c18-16(23)14(10-12-6-2-1-3-7-12)21-15(22)11-20-17(24)13-8-4-5-9-19-13/h1-9,14H,10-11H2,(H2,18,23)(H,20,24)(H,21,22). The van der Waals surface area contributed by atoms with Crippen molar-refractivity contribution in [2.24, 2.45) is 5.73 Å². The fourth-order valence-corrected chi connectivity index (χ4v) is 2.07. The summed E-state index contributed by atoms with van der Waals surface area (Å²) in [6.07, 6.45) is 1.77. The van der Waals surface area contributed by atoms with Gasteiger partial charge in [-0.1, -0.05) is 36.4 Å². The Labute approximate surface area is 139 Å². The molecule has 7 heteroatoms. The Balaban J connectivity index is 1.87. The Bertz CT molecular complexity index is 704. The smallest absolute Gasteiger partial charge is 0.270 e. The van der Waals surface area contributed by atoms with Crippen LogP contribution in [0.15, 0.2) is 54.7 Å². The number of benzene rings is 1. The zero-order valence-corrected chi connectivity index (χ0v) is 12.9. The molecule has 0 bridgehead atoms. The highest BCUT2D eigenvalue weighted by Crippen LogP contribution is 2.03. The number of hydrogen-bond donors (Lipinski definition) is 3. The summed E-state index contributed by atoms with van der Waals surface area (Å²) < 4.78 is 0. The molecule has 2 rings (SSSR count). The number of carbonyl (C=O) groups excluding carboxylic acids is 3. The molecule has 4 N–H and O–H groups in total. The SMILES string of the molecule is NC(=O)C(Cc1ccccc1)NC(=O)CNC(=O)c1ccccn1. The molecule has 1 heterocycles. The van der Waals surface area contributed by atoms with Crippen molar-refractivity contribution in [3.05, 3.63) is 66.0 Å². The number of aromatic nitrogens is 1. The van der Waals surface area contributed by atoms with Crippen LogP contribution in [0.25, 0.3) is 0 Å². The summed E-state index contributed by atoms with van der Waals surface area (Å²) in [5, 5.41) is 4.96. The average Bonchev–Trinajstić information content (AvgIpc) is 2.60. The summed E-state index contributed by atoms with van der Waals surface area (Å²) in [4.78, 5) is 39.1. The first-order valence-electron chi connectivity index (χ1n) is 7.38. The van der Waals surface area contributed by atoms with Crippen molar-refractivity contribution in [1.82, 2.24) is 15.6 Å². The van der Waals surface area contributed by atoms with Crippen LogP contribution in [-0.4, -0.2) is 35.3 Å². The van der Waals surface area contributed by atoms with Crippen molar-refractivity contribution in [3.8, 4) is 0 Å². The molecular formula is C17H18N4O3. The molecular weight excluding hydrogens is 308 g/mol. The number of hydrogen-bond acceptors (Lipinski definition) is 4. The number of nitrogens with zero attached hydrogens (tertiary/aromatic N) is 1. The third kappa shape index (κ3) is 5.20. The van der Waals surface area contributed by atoms with Gasteiger partial charge in [0.05, 0.1) is 6.54 Å². The van der Waals surface area contributed by atoms with Crippen LogP contribution in [0.2, 0.25) is 0 Å². The predicted octanol–water partition coefficient (Wildman–Crippen LogP) is 0.0242. The maximum Gasteiger partial charge on any atom is 0.270 e. The van der Waals surface area contributed by atoms with E-state index in [2.05, 4.69) is 15.6 Å². The van der Waals surface area contributed by atoms with E-state index in [-0.39, 0.29) is 18.7 Å². The summed E-state index contributed by atoms with van der Waals surface area (Å²) in [5.41, 5.74) is 6.41. The van der Waals surface area contributed by atoms with Crippen molar-refractivity contribution >= 4 is 17.7 Å². The molecule has 24 heavy (non-hydrogen) atoms. The average molecular weight is 326 g/mol. The van der Waals surface area contributed by atoms with Crippen LogP contribution in [0.1, 0.15) is 16.1 Å². The Morgan fingerprint density at radius 2 is 1.75 bits per heavy atom. The number of amides is 3. The minimum Gasteiger partial charge on any atom is -0.368 e. The molecule has 0 aliphatic heterocycles. The number of rotatable bonds is 7. The van der Waals surface area contributed by atoms with Crippen molar-refractivity contribution in [1.29, 1.82) is 0 Å². The van der Waals surface area contributed by atoms with E-state index < -0.39 is 23.8 Å². The summed E-state index contributed by atoms with van der Waals surface area (Å²) >= 11 is 0. The van der Waals surface area contributed by atoms with Crippen LogP contribution in [0.3, 0.4) is 0 Å². The molecule has 0 aliphatic rings. The second kappa shape index (κ2) is 8.42. The largest absolute Gasteiger partial charge is 0.368 e. The van der Waals surface area contributed by atoms with E-state index in [0.29, 0.717) is 0 Å². The third-order valence-corrected chi connectivity index (χ3v) is 3.27. The molecule has 1 aromatic heterocycles. The normalized spacial score (nSPS) is 11.3. The van der Waals surface area contributed by atoms with E-state index in [1.807, 2.05) is 30.3 Å².